The summed E-state index contributed by atoms with van der Waals surface area (Å²) < 4.78 is 1.11. The molecule has 5 heteroatoms. The summed E-state index contributed by atoms with van der Waals surface area (Å²) in [6, 6.07) is 0. The van der Waals surface area contributed by atoms with Crippen molar-refractivity contribution in [1.29, 1.82) is 0 Å². The maximum atomic E-state index is 8.69. The van der Waals surface area contributed by atoms with Gasteiger partial charge in [0.25, 0.3) is 0 Å². The van der Waals surface area contributed by atoms with Gasteiger partial charge in [0, 0.05) is 13.2 Å². The second-order valence-corrected chi connectivity index (χ2v) is 4.56. The fraction of sp³-hybridized carbons (Fsp3) is 0.455. The van der Waals surface area contributed by atoms with Gasteiger partial charge in [-0.3, -0.25) is 0 Å². The number of thiophene rings is 1. The molecule has 16 heavy (non-hydrogen) atoms. The molecule has 0 radical (unpaired) electrons. The van der Waals surface area contributed by atoms with Gasteiger partial charge in [-0.05, 0) is 30.7 Å². The van der Waals surface area contributed by atoms with E-state index in [1.165, 1.54) is 5.56 Å². The highest BCUT2D eigenvalue weighted by Crippen LogP contribution is 2.28. The van der Waals surface area contributed by atoms with E-state index in [0.717, 1.165) is 35.4 Å². The number of fused-ring (bicyclic) bond motifs is 1. The van der Waals surface area contributed by atoms with Gasteiger partial charge in [-0.15, -0.1) is 11.3 Å². The van der Waals surface area contributed by atoms with Crippen LogP contribution in [-0.2, 0) is 0 Å². The van der Waals surface area contributed by atoms with E-state index in [9.17, 15) is 0 Å². The first kappa shape index (κ1) is 11.3. The van der Waals surface area contributed by atoms with Gasteiger partial charge in [0.05, 0.1) is 10.2 Å². The molecule has 4 nitrogen and oxygen atoms in total. The number of nitrogens with one attached hydrogen (secondary N) is 1. The number of hydrogen-bond acceptors (Lipinski definition) is 5. The quantitative estimate of drug-likeness (QED) is 0.783. The molecule has 0 fully saturated rings. The zero-order valence-electron chi connectivity index (χ0n) is 9.23. The monoisotopic (exact) mass is 237 g/mol. The summed E-state index contributed by atoms with van der Waals surface area (Å²) in [5.74, 6) is 0.904. The minimum Gasteiger partial charge on any atom is -0.396 e. The van der Waals surface area contributed by atoms with Crippen LogP contribution in [0.1, 0.15) is 18.4 Å². The summed E-state index contributed by atoms with van der Waals surface area (Å²) >= 11 is 1.67. The summed E-state index contributed by atoms with van der Waals surface area (Å²) in [4.78, 5) is 8.51. The van der Waals surface area contributed by atoms with Gasteiger partial charge < -0.3 is 10.4 Å². The maximum absolute atomic E-state index is 8.69. The molecule has 86 valence electrons. The Hall–Kier alpha value is -1.20. The third kappa shape index (κ3) is 2.31. The van der Waals surface area contributed by atoms with Crippen molar-refractivity contribution in [3.63, 3.8) is 0 Å². The molecular formula is C11H15N3OS. The molecule has 2 heterocycles. The zero-order chi connectivity index (χ0) is 11.4. The van der Waals surface area contributed by atoms with Gasteiger partial charge in [-0.1, -0.05) is 0 Å². The number of hydrogen-bond donors (Lipinski definition) is 2. The van der Waals surface area contributed by atoms with Crippen LogP contribution in [0.4, 0.5) is 5.82 Å². The van der Waals surface area contributed by atoms with Gasteiger partial charge in [0.2, 0.25) is 0 Å². The van der Waals surface area contributed by atoms with Crippen molar-refractivity contribution in [2.24, 2.45) is 0 Å². The summed E-state index contributed by atoms with van der Waals surface area (Å²) in [6.45, 7) is 3.14. The van der Waals surface area contributed by atoms with E-state index in [1.807, 2.05) is 0 Å². The van der Waals surface area contributed by atoms with E-state index in [-0.39, 0.29) is 6.61 Å². The second kappa shape index (κ2) is 5.23. The zero-order valence-corrected chi connectivity index (χ0v) is 10.0. The van der Waals surface area contributed by atoms with Crippen molar-refractivity contribution in [1.82, 2.24) is 9.97 Å². The highest BCUT2D eigenvalue weighted by molar-refractivity contribution is 7.18. The highest BCUT2D eigenvalue weighted by Gasteiger charge is 2.06. The average Bonchev–Trinajstić information content (AvgIpc) is 2.68. The number of rotatable bonds is 5. The first-order valence-corrected chi connectivity index (χ1v) is 6.24. The van der Waals surface area contributed by atoms with Crippen LogP contribution in [0, 0.1) is 6.92 Å². The second-order valence-electron chi connectivity index (χ2n) is 3.68. The van der Waals surface area contributed by atoms with Crippen molar-refractivity contribution in [3.05, 3.63) is 17.3 Å². The molecule has 2 N–H and O–H groups in total. The smallest absolute Gasteiger partial charge is 0.147 e. The van der Waals surface area contributed by atoms with Crippen LogP contribution in [0.2, 0.25) is 0 Å². The summed E-state index contributed by atoms with van der Waals surface area (Å²) in [5, 5.41) is 14.1. The van der Waals surface area contributed by atoms with Crippen molar-refractivity contribution in [3.8, 4) is 0 Å². The SMILES string of the molecule is Cc1csc2c(NCCCCO)ncnc12. The minimum atomic E-state index is 0.249. The van der Waals surface area contributed by atoms with Crippen molar-refractivity contribution < 1.29 is 5.11 Å². The Labute approximate surface area is 98.4 Å². The molecule has 0 atom stereocenters. The van der Waals surface area contributed by atoms with E-state index >= 15 is 0 Å². The van der Waals surface area contributed by atoms with Gasteiger partial charge in [0.15, 0.2) is 0 Å². The highest BCUT2D eigenvalue weighted by atomic mass is 32.1. The lowest BCUT2D eigenvalue weighted by molar-refractivity contribution is 0.286. The molecule has 0 unspecified atom stereocenters. The van der Waals surface area contributed by atoms with Crippen molar-refractivity contribution in [2.45, 2.75) is 19.8 Å². The Bertz CT molecular complexity index is 469. The fourth-order valence-corrected chi connectivity index (χ4v) is 2.51. The number of aliphatic hydroxyl groups is 1. The lowest BCUT2D eigenvalue weighted by Gasteiger charge is -2.05. The Morgan fingerprint density at radius 3 is 3.06 bits per heavy atom. The van der Waals surface area contributed by atoms with E-state index in [0.29, 0.717) is 0 Å². The topological polar surface area (TPSA) is 58.0 Å². The number of anilines is 1. The number of aliphatic hydroxyl groups excluding tert-OH is 1. The molecule has 2 aromatic rings. The molecule has 2 rings (SSSR count). The fourth-order valence-electron chi connectivity index (χ4n) is 1.54. The van der Waals surface area contributed by atoms with Crippen LogP contribution < -0.4 is 5.32 Å². The first-order chi connectivity index (χ1) is 7.83. The maximum Gasteiger partial charge on any atom is 0.147 e. The molecule has 0 saturated heterocycles. The van der Waals surface area contributed by atoms with E-state index in [4.69, 9.17) is 5.11 Å². The third-order valence-electron chi connectivity index (χ3n) is 2.41. The summed E-state index contributed by atoms with van der Waals surface area (Å²) in [5.41, 5.74) is 2.23. The average molecular weight is 237 g/mol. The predicted octanol–water partition coefficient (Wildman–Crippen LogP) is 2.18. The Morgan fingerprint density at radius 1 is 1.38 bits per heavy atom. The van der Waals surface area contributed by atoms with Crippen LogP contribution in [0.5, 0.6) is 0 Å². The number of unbranched alkanes of at least 4 members (excludes halogenated alkanes) is 1. The van der Waals surface area contributed by atoms with Crippen LogP contribution in [0.25, 0.3) is 10.2 Å². The number of nitrogens with zero attached hydrogens (tertiary/aromatic N) is 2. The largest absolute Gasteiger partial charge is 0.396 e. The molecule has 0 bridgehead atoms. The Kier molecular flexibility index (Phi) is 3.69. The standard InChI is InChI=1S/C11H15N3OS/c1-8-6-16-10-9(8)13-7-14-11(10)12-4-2-3-5-15/h6-7,15H,2-5H2,1H3,(H,12,13,14). The van der Waals surface area contributed by atoms with Gasteiger partial charge in [-0.2, -0.15) is 0 Å². The van der Waals surface area contributed by atoms with Crippen molar-refractivity contribution >= 4 is 27.4 Å². The first-order valence-electron chi connectivity index (χ1n) is 5.36. The molecule has 0 spiro atoms. The molecule has 0 aliphatic carbocycles. The van der Waals surface area contributed by atoms with E-state index in [2.05, 4.69) is 27.6 Å². The van der Waals surface area contributed by atoms with Gasteiger partial charge in [-0.25, -0.2) is 9.97 Å². The molecular weight excluding hydrogens is 222 g/mol. The third-order valence-corrected chi connectivity index (χ3v) is 3.50. The molecule has 0 aliphatic rings. The number of aryl methyl sites for hydroxylation is 1. The van der Waals surface area contributed by atoms with Crippen LogP contribution in [0.15, 0.2) is 11.7 Å². The van der Waals surface area contributed by atoms with Crippen LogP contribution in [-0.4, -0.2) is 28.2 Å². The molecule has 0 aliphatic heterocycles. The minimum absolute atomic E-state index is 0.249. The lowest BCUT2D eigenvalue weighted by Crippen LogP contribution is -2.04. The number of aromatic nitrogens is 2. The van der Waals surface area contributed by atoms with Gasteiger partial charge >= 0.3 is 0 Å². The van der Waals surface area contributed by atoms with E-state index < -0.39 is 0 Å². The lowest BCUT2D eigenvalue weighted by atomic mass is 10.3. The Morgan fingerprint density at radius 2 is 2.25 bits per heavy atom. The molecule has 0 aromatic carbocycles. The summed E-state index contributed by atoms with van der Waals surface area (Å²) in [7, 11) is 0. The Balaban J connectivity index is 2.11. The normalized spacial score (nSPS) is 10.9. The van der Waals surface area contributed by atoms with Crippen LogP contribution in [0.3, 0.4) is 0 Å². The van der Waals surface area contributed by atoms with Crippen LogP contribution >= 0.6 is 11.3 Å². The molecule has 0 amide bonds. The molecule has 2 aromatic heterocycles. The van der Waals surface area contributed by atoms with Crippen molar-refractivity contribution in [2.75, 3.05) is 18.5 Å². The summed E-state index contributed by atoms with van der Waals surface area (Å²) in [6.07, 6.45) is 3.37. The van der Waals surface area contributed by atoms with E-state index in [1.54, 1.807) is 17.7 Å². The van der Waals surface area contributed by atoms with Gasteiger partial charge in [0.1, 0.15) is 12.1 Å². The predicted molar refractivity (Wildman–Crippen MR) is 67.0 cm³/mol. The molecule has 0 saturated carbocycles.